The molecule has 1 aromatic rings. The number of nitrogens with zero attached hydrogens (tertiary/aromatic N) is 3. The van der Waals surface area contributed by atoms with Gasteiger partial charge in [0.15, 0.2) is 5.82 Å². The summed E-state index contributed by atoms with van der Waals surface area (Å²) in [5.41, 5.74) is 0. The Labute approximate surface area is 46.2 Å². The van der Waals surface area contributed by atoms with Gasteiger partial charge in [-0.1, -0.05) is 0 Å². The fourth-order valence-corrected chi connectivity index (χ4v) is 0.345. The van der Waals surface area contributed by atoms with Gasteiger partial charge in [0.25, 0.3) is 0 Å². The number of hydrogen-bond donors (Lipinski definition) is 1. The molecule has 0 aromatic carbocycles. The lowest BCUT2D eigenvalue weighted by atomic mass is 10.7. The molecule has 0 aliphatic carbocycles. The maximum atomic E-state index is 8.38. The Morgan fingerprint density at radius 3 is 2.38 bits per heavy atom. The van der Waals surface area contributed by atoms with Crippen molar-refractivity contribution in [3.63, 3.8) is 0 Å². The highest BCUT2D eigenvalue weighted by Gasteiger charge is 1.85. The first-order valence-corrected chi connectivity index (χ1v) is 2.15. The molecule has 0 spiro atoms. The lowest BCUT2D eigenvalue weighted by molar-refractivity contribution is 0.271. The Kier molecular flexibility index (Phi) is 1.48. The molecule has 0 bridgehead atoms. The molecule has 0 atom stereocenters. The third kappa shape index (κ3) is 0.974. The van der Waals surface area contributed by atoms with E-state index in [-0.39, 0.29) is 6.61 Å². The Morgan fingerprint density at radius 1 is 1.38 bits per heavy atom. The van der Waals surface area contributed by atoms with Crippen LogP contribution in [-0.4, -0.2) is 20.1 Å². The molecular weight excluding hydrogens is 106 g/mol. The van der Waals surface area contributed by atoms with Crippen molar-refractivity contribution in [3.05, 3.63) is 18.5 Å². The smallest absolute Gasteiger partial charge is 0.157 e. The third-order valence-corrected chi connectivity index (χ3v) is 0.688. The zero-order valence-electron chi connectivity index (χ0n) is 4.15. The summed E-state index contributed by atoms with van der Waals surface area (Å²) in [4.78, 5) is 10.8. The molecule has 0 saturated carbocycles. The minimum atomic E-state index is -0.123. The average molecular weight is 111 g/mol. The second-order valence-electron chi connectivity index (χ2n) is 1.21. The van der Waals surface area contributed by atoms with E-state index in [1.807, 2.05) is 0 Å². The van der Waals surface area contributed by atoms with E-state index in [2.05, 4.69) is 15.0 Å². The van der Waals surface area contributed by atoms with Crippen molar-refractivity contribution in [2.45, 2.75) is 6.61 Å². The molecule has 0 aliphatic heterocycles. The second kappa shape index (κ2) is 2.32. The first-order valence-electron chi connectivity index (χ1n) is 2.15. The normalized spacial score (nSPS) is 9.12. The number of hydrogen-bond acceptors (Lipinski definition) is 4. The molecule has 42 valence electrons. The number of aliphatic hydroxyl groups excluding tert-OH is 1. The van der Waals surface area contributed by atoms with Gasteiger partial charge in [-0.15, -0.1) is 0 Å². The van der Waals surface area contributed by atoms with Gasteiger partial charge >= 0.3 is 0 Å². The summed E-state index contributed by atoms with van der Waals surface area (Å²) in [5.74, 6) is 0.403. The minimum absolute atomic E-state index is 0.123. The first kappa shape index (κ1) is 5.11. The Morgan fingerprint density at radius 2 is 2.00 bits per heavy atom. The highest BCUT2D eigenvalue weighted by atomic mass is 16.3. The van der Waals surface area contributed by atoms with Gasteiger partial charge in [0, 0.05) is 0 Å². The van der Waals surface area contributed by atoms with E-state index >= 15 is 0 Å². The van der Waals surface area contributed by atoms with Crippen LogP contribution in [0.1, 0.15) is 5.82 Å². The van der Waals surface area contributed by atoms with E-state index in [0.717, 1.165) is 0 Å². The van der Waals surface area contributed by atoms with Crippen molar-refractivity contribution in [3.8, 4) is 0 Å². The number of aliphatic hydroxyl groups is 1. The molecule has 0 unspecified atom stereocenters. The summed E-state index contributed by atoms with van der Waals surface area (Å²) in [6.45, 7) is -0.123. The molecule has 0 radical (unpaired) electrons. The lowest BCUT2D eigenvalue weighted by Crippen LogP contribution is -1.92. The van der Waals surface area contributed by atoms with Crippen LogP contribution >= 0.6 is 0 Å². The highest BCUT2D eigenvalue weighted by Crippen LogP contribution is 1.79. The van der Waals surface area contributed by atoms with E-state index < -0.39 is 0 Å². The maximum Gasteiger partial charge on any atom is 0.157 e. The molecule has 0 aliphatic rings. The van der Waals surface area contributed by atoms with Crippen LogP contribution < -0.4 is 0 Å². The van der Waals surface area contributed by atoms with E-state index in [1.165, 1.54) is 12.7 Å². The van der Waals surface area contributed by atoms with Crippen LogP contribution in [0.4, 0.5) is 0 Å². The predicted molar refractivity (Wildman–Crippen MR) is 25.7 cm³/mol. The van der Waals surface area contributed by atoms with Crippen LogP contribution in [0.15, 0.2) is 12.7 Å². The monoisotopic (exact) mass is 111 g/mol. The molecule has 0 saturated heterocycles. The highest BCUT2D eigenvalue weighted by molar-refractivity contribution is 4.75. The van der Waals surface area contributed by atoms with E-state index in [9.17, 15) is 0 Å². The van der Waals surface area contributed by atoms with E-state index in [1.54, 1.807) is 0 Å². The molecule has 4 heteroatoms. The van der Waals surface area contributed by atoms with Crippen LogP contribution in [0, 0.1) is 0 Å². The Hall–Kier alpha value is -1.03. The van der Waals surface area contributed by atoms with Gasteiger partial charge in [-0.2, -0.15) is 0 Å². The van der Waals surface area contributed by atoms with Gasteiger partial charge in [0.1, 0.15) is 19.3 Å². The zero-order valence-corrected chi connectivity index (χ0v) is 4.15. The van der Waals surface area contributed by atoms with Crippen molar-refractivity contribution < 1.29 is 5.11 Å². The molecule has 1 rings (SSSR count). The van der Waals surface area contributed by atoms with Crippen molar-refractivity contribution in [1.82, 2.24) is 15.0 Å². The molecule has 8 heavy (non-hydrogen) atoms. The van der Waals surface area contributed by atoms with Crippen molar-refractivity contribution in [1.29, 1.82) is 0 Å². The SMILES string of the molecule is OCc1ncncn1. The van der Waals surface area contributed by atoms with Crippen LogP contribution in [0.25, 0.3) is 0 Å². The van der Waals surface area contributed by atoms with Crippen molar-refractivity contribution in [2.75, 3.05) is 0 Å². The van der Waals surface area contributed by atoms with Crippen molar-refractivity contribution >= 4 is 0 Å². The summed E-state index contributed by atoms with van der Waals surface area (Å²) < 4.78 is 0. The molecule has 1 aromatic heterocycles. The van der Waals surface area contributed by atoms with Gasteiger partial charge in [-0.25, -0.2) is 15.0 Å². The molecule has 0 amide bonds. The molecular formula is C4H5N3O. The van der Waals surface area contributed by atoms with Gasteiger partial charge in [0.05, 0.1) is 0 Å². The summed E-state index contributed by atoms with van der Waals surface area (Å²) in [6, 6.07) is 0. The van der Waals surface area contributed by atoms with Crippen LogP contribution in [0.2, 0.25) is 0 Å². The maximum absolute atomic E-state index is 8.38. The molecule has 0 fully saturated rings. The molecule has 1 N–H and O–H groups in total. The molecule has 4 nitrogen and oxygen atoms in total. The van der Waals surface area contributed by atoms with Gasteiger partial charge in [-0.3, -0.25) is 0 Å². The number of aromatic nitrogens is 3. The van der Waals surface area contributed by atoms with E-state index in [0.29, 0.717) is 5.82 Å². The molecule has 1 heterocycles. The number of rotatable bonds is 1. The van der Waals surface area contributed by atoms with Crippen LogP contribution in [0.3, 0.4) is 0 Å². The lowest BCUT2D eigenvalue weighted by Gasteiger charge is -1.86. The quantitative estimate of drug-likeness (QED) is 0.524. The summed E-state index contributed by atoms with van der Waals surface area (Å²) in [6.07, 6.45) is 2.69. The summed E-state index contributed by atoms with van der Waals surface area (Å²) in [7, 11) is 0. The van der Waals surface area contributed by atoms with Gasteiger partial charge in [-0.05, 0) is 0 Å². The first-order chi connectivity index (χ1) is 3.93. The van der Waals surface area contributed by atoms with Gasteiger partial charge in [0.2, 0.25) is 0 Å². The average Bonchev–Trinajstić information content (AvgIpc) is 1.90. The van der Waals surface area contributed by atoms with Gasteiger partial charge < -0.3 is 5.11 Å². The minimum Gasteiger partial charge on any atom is -0.388 e. The van der Waals surface area contributed by atoms with Crippen LogP contribution in [0.5, 0.6) is 0 Å². The predicted octanol–water partition coefficient (Wildman–Crippen LogP) is -0.636. The fourth-order valence-electron chi connectivity index (χ4n) is 0.345. The fraction of sp³-hybridized carbons (Fsp3) is 0.250. The largest absolute Gasteiger partial charge is 0.388 e. The summed E-state index contributed by atoms with van der Waals surface area (Å²) >= 11 is 0. The van der Waals surface area contributed by atoms with E-state index in [4.69, 9.17) is 5.11 Å². The summed E-state index contributed by atoms with van der Waals surface area (Å²) in [5, 5.41) is 8.38. The second-order valence-corrected chi connectivity index (χ2v) is 1.21. The zero-order chi connectivity index (χ0) is 5.82. The van der Waals surface area contributed by atoms with Crippen molar-refractivity contribution in [2.24, 2.45) is 0 Å². The topological polar surface area (TPSA) is 58.9 Å². The standard InChI is InChI=1S/C4H5N3O/c8-1-4-6-2-5-3-7-4/h2-3,8H,1H2. The third-order valence-electron chi connectivity index (χ3n) is 0.688. The Bertz CT molecular complexity index is 153. The Balaban J connectivity index is 2.83. The van der Waals surface area contributed by atoms with Crippen LogP contribution in [-0.2, 0) is 6.61 Å².